The molecule has 0 unspecified atom stereocenters. The number of methoxy groups -OCH3 is 1. The predicted molar refractivity (Wildman–Crippen MR) is 142 cm³/mol. The molecule has 37 heavy (non-hydrogen) atoms. The van der Waals surface area contributed by atoms with Crippen LogP contribution in [0.4, 0.5) is 11.5 Å². The lowest BCUT2D eigenvalue weighted by Gasteiger charge is -2.13. The van der Waals surface area contributed by atoms with Gasteiger partial charge in [0.15, 0.2) is 18.1 Å². The summed E-state index contributed by atoms with van der Waals surface area (Å²) in [5.41, 5.74) is 12.7. The van der Waals surface area contributed by atoms with Gasteiger partial charge in [-0.2, -0.15) is 10.5 Å². The monoisotopic (exact) mass is 491 g/mol. The van der Waals surface area contributed by atoms with Crippen molar-refractivity contribution in [1.29, 1.82) is 10.5 Å². The van der Waals surface area contributed by atoms with Crippen LogP contribution in [0.3, 0.4) is 0 Å². The van der Waals surface area contributed by atoms with E-state index in [0.29, 0.717) is 45.1 Å². The summed E-state index contributed by atoms with van der Waals surface area (Å²) in [5, 5.41) is 22.1. The van der Waals surface area contributed by atoms with Gasteiger partial charge >= 0.3 is 0 Å². The first-order chi connectivity index (χ1) is 17.8. The first-order valence-corrected chi connectivity index (χ1v) is 11.5. The van der Waals surface area contributed by atoms with Gasteiger partial charge in [0, 0.05) is 11.3 Å². The number of hydrogen-bond donors (Lipinski definition) is 2. The summed E-state index contributed by atoms with van der Waals surface area (Å²) in [7, 11) is 1.52. The van der Waals surface area contributed by atoms with Crippen molar-refractivity contribution in [2.24, 2.45) is 0 Å². The number of benzene rings is 2. The Balaban J connectivity index is 1.61. The second-order valence-electron chi connectivity index (χ2n) is 8.62. The summed E-state index contributed by atoms with van der Waals surface area (Å²) in [6, 6.07) is 17.1. The Morgan fingerprint density at radius 3 is 2.46 bits per heavy atom. The van der Waals surface area contributed by atoms with Crippen molar-refractivity contribution in [2.45, 2.75) is 20.8 Å². The molecule has 184 valence electrons. The Bertz CT molecular complexity index is 1550. The minimum atomic E-state index is -0.292. The van der Waals surface area contributed by atoms with Crippen LogP contribution in [-0.4, -0.2) is 24.6 Å². The molecule has 4 rings (SSSR count). The van der Waals surface area contributed by atoms with Crippen LogP contribution in [0, 0.1) is 36.5 Å². The third kappa shape index (κ3) is 4.86. The molecule has 0 spiro atoms. The van der Waals surface area contributed by atoms with E-state index in [-0.39, 0.29) is 18.3 Å². The van der Waals surface area contributed by atoms with Crippen molar-refractivity contribution in [3.63, 3.8) is 0 Å². The molecule has 3 aromatic rings. The number of amides is 1. The van der Waals surface area contributed by atoms with Gasteiger partial charge < -0.3 is 20.5 Å². The summed E-state index contributed by atoms with van der Waals surface area (Å²) in [4.78, 5) is 16.7. The van der Waals surface area contributed by atoms with Gasteiger partial charge in [0.05, 0.1) is 23.9 Å². The molecule has 2 aromatic carbocycles. The molecule has 0 aliphatic heterocycles. The van der Waals surface area contributed by atoms with Gasteiger partial charge in [-0.1, -0.05) is 23.8 Å². The van der Waals surface area contributed by atoms with E-state index in [0.717, 1.165) is 22.3 Å². The van der Waals surface area contributed by atoms with Crippen molar-refractivity contribution in [2.75, 3.05) is 24.8 Å². The number of hydrogen-bond acceptors (Lipinski definition) is 7. The van der Waals surface area contributed by atoms with Crippen molar-refractivity contribution < 1.29 is 14.3 Å². The number of aromatic nitrogens is 1. The fourth-order valence-corrected chi connectivity index (χ4v) is 4.23. The van der Waals surface area contributed by atoms with Crippen LogP contribution in [0.1, 0.15) is 40.4 Å². The lowest BCUT2D eigenvalue weighted by molar-refractivity contribution is -0.118. The van der Waals surface area contributed by atoms with Crippen LogP contribution in [0.5, 0.6) is 11.5 Å². The molecule has 1 aromatic heterocycles. The second kappa shape index (κ2) is 10.3. The summed E-state index contributed by atoms with van der Waals surface area (Å²) in [5.74, 6) is 0.677. The molecule has 8 nitrogen and oxygen atoms in total. The molecule has 1 aliphatic rings. The molecule has 3 N–H and O–H groups in total. The van der Waals surface area contributed by atoms with Crippen LogP contribution in [0.25, 0.3) is 17.2 Å². The molecule has 0 fully saturated rings. The van der Waals surface area contributed by atoms with Crippen LogP contribution in [0.15, 0.2) is 48.0 Å². The third-order valence-electron chi connectivity index (χ3n) is 6.18. The Labute approximate surface area is 215 Å². The molecule has 0 radical (unpaired) electrons. The average molecular weight is 492 g/mol. The molecular formula is C29H25N5O3. The average Bonchev–Trinajstić information content (AvgIpc) is 3.14. The summed E-state index contributed by atoms with van der Waals surface area (Å²) < 4.78 is 11.2. The second-order valence-corrected chi connectivity index (χ2v) is 8.62. The maximum Gasteiger partial charge on any atom is 0.262 e. The number of allylic oxidation sites excluding steroid dienone is 3. The smallest absolute Gasteiger partial charge is 0.262 e. The molecule has 0 saturated carbocycles. The number of nitrogens with one attached hydrogen (secondary N) is 1. The maximum atomic E-state index is 12.3. The van der Waals surface area contributed by atoms with Gasteiger partial charge in [0.2, 0.25) is 0 Å². The van der Waals surface area contributed by atoms with E-state index in [9.17, 15) is 15.3 Å². The number of aryl methyl sites for hydroxylation is 1. The number of ether oxygens (including phenoxy) is 2. The lowest BCUT2D eigenvalue weighted by atomic mass is 9.95. The fourth-order valence-electron chi connectivity index (χ4n) is 4.23. The minimum absolute atomic E-state index is 0.107. The number of nitrogen functional groups attached to an aromatic ring is 1. The molecule has 0 atom stereocenters. The van der Waals surface area contributed by atoms with Crippen molar-refractivity contribution in [3.05, 3.63) is 81.5 Å². The van der Waals surface area contributed by atoms with Crippen LogP contribution in [0.2, 0.25) is 0 Å². The number of nitrogens with two attached hydrogens (primary N) is 1. The van der Waals surface area contributed by atoms with Gasteiger partial charge in [0.25, 0.3) is 5.91 Å². The quantitative estimate of drug-likeness (QED) is 0.494. The van der Waals surface area contributed by atoms with Gasteiger partial charge in [-0.05, 0) is 73.4 Å². The summed E-state index contributed by atoms with van der Waals surface area (Å²) >= 11 is 0. The molecular weight excluding hydrogens is 466 g/mol. The highest BCUT2D eigenvalue weighted by molar-refractivity contribution is 6.08. The topological polar surface area (TPSA) is 134 Å². The zero-order valence-electron chi connectivity index (χ0n) is 21.0. The van der Waals surface area contributed by atoms with E-state index < -0.39 is 0 Å². The van der Waals surface area contributed by atoms with Crippen molar-refractivity contribution in [1.82, 2.24) is 4.98 Å². The number of rotatable bonds is 6. The van der Waals surface area contributed by atoms with E-state index in [1.54, 1.807) is 19.1 Å². The molecule has 1 heterocycles. The number of nitrogens with zero attached hydrogens (tertiary/aromatic N) is 3. The molecule has 8 heteroatoms. The molecule has 0 bridgehead atoms. The van der Waals surface area contributed by atoms with Crippen molar-refractivity contribution >= 4 is 34.6 Å². The standard InChI is InChI=1S/C29H25N5O3/c1-16-5-8-20(9-6-16)33-26(35)15-37-24-10-7-19(12-25(24)36-4)11-21-17(2)22(13-30)28-27(21)18(3)23(14-31)29(32)34-28/h5-12H,15H2,1-4H3,(H2,32,34)(H,33,35)/b21-11-. The Kier molecular flexibility index (Phi) is 6.95. The van der Waals surface area contributed by atoms with Gasteiger partial charge in [-0.25, -0.2) is 4.98 Å². The third-order valence-corrected chi connectivity index (χ3v) is 6.18. The normalized spacial score (nSPS) is 13.1. The van der Waals surface area contributed by atoms with Crippen LogP contribution in [-0.2, 0) is 4.79 Å². The molecule has 1 amide bonds. The number of carbonyl (C=O) groups is 1. The van der Waals surface area contributed by atoms with E-state index in [2.05, 4.69) is 22.4 Å². The number of pyridine rings is 1. The zero-order valence-corrected chi connectivity index (χ0v) is 21.0. The Hall–Kier alpha value is -5.08. The highest BCUT2D eigenvalue weighted by Crippen LogP contribution is 2.44. The summed E-state index contributed by atoms with van der Waals surface area (Å²) in [6.07, 6.45) is 1.90. The SMILES string of the molecule is COc1cc(/C=C2/C(C)=C(C#N)c3nc(N)c(C#N)c(C)c32)ccc1OCC(=O)Nc1ccc(C)cc1. The Morgan fingerprint density at radius 2 is 1.81 bits per heavy atom. The van der Waals surface area contributed by atoms with E-state index >= 15 is 0 Å². The largest absolute Gasteiger partial charge is 0.493 e. The van der Waals surface area contributed by atoms with E-state index in [1.165, 1.54) is 7.11 Å². The first kappa shape index (κ1) is 25.0. The first-order valence-electron chi connectivity index (χ1n) is 11.5. The van der Waals surface area contributed by atoms with E-state index in [1.807, 2.05) is 50.3 Å². The fraction of sp³-hybridized carbons (Fsp3) is 0.172. The number of carbonyl (C=O) groups excluding carboxylic acids is 1. The van der Waals surface area contributed by atoms with E-state index in [4.69, 9.17) is 15.2 Å². The number of nitriles is 2. The van der Waals surface area contributed by atoms with Crippen LogP contribution < -0.4 is 20.5 Å². The van der Waals surface area contributed by atoms with Crippen LogP contribution >= 0.6 is 0 Å². The van der Waals surface area contributed by atoms with Gasteiger partial charge in [-0.15, -0.1) is 0 Å². The number of anilines is 2. The highest BCUT2D eigenvalue weighted by Gasteiger charge is 2.29. The predicted octanol–water partition coefficient (Wildman–Crippen LogP) is 5.03. The Morgan fingerprint density at radius 1 is 1.08 bits per heavy atom. The summed E-state index contributed by atoms with van der Waals surface area (Å²) in [6.45, 7) is 5.43. The minimum Gasteiger partial charge on any atom is -0.493 e. The number of fused-ring (bicyclic) bond motifs is 1. The molecule has 1 aliphatic carbocycles. The lowest BCUT2D eigenvalue weighted by Crippen LogP contribution is -2.20. The van der Waals surface area contributed by atoms with Gasteiger partial charge in [0.1, 0.15) is 18.0 Å². The van der Waals surface area contributed by atoms with Crippen molar-refractivity contribution in [3.8, 4) is 23.6 Å². The van der Waals surface area contributed by atoms with Gasteiger partial charge in [-0.3, -0.25) is 4.79 Å². The maximum absolute atomic E-state index is 12.3. The zero-order chi connectivity index (χ0) is 26.7. The molecule has 0 saturated heterocycles. The highest BCUT2D eigenvalue weighted by atomic mass is 16.5.